The molecule has 0 saturated heterocycles. The molecule has 0 radical (unpaired) electrons. The maximum atomic E-state index is 13.0. The first-order chi connectivity index (χ1) is 19.4. The Labute approximate surface area is 235 Å². The van der Waals surface area contributed by atoms with E-state index in [1.165, 1.54) is 34.6 Å². The van der Waals surface area contributed by atoms with E-state index in [2.05, 4.69) is 26.2 Å². The fourth-order valence-corrected chi connectivity index (χ4v) is 4.21. The molecule has 0 atom stereocenters. The van der Waals surface area contributed by atoms with Crippen LogP contribution in [0.4, 0.5) is 22.9 Å². The first-order valence-electron chi connectivity index (χ1n) is 12.4. The Hall–Kier alpha value is -5.25. The fraction of sp³-hybridized carbons (Fsp3) is 0.240. The van der Waals surface area contributed by atoms with Gasteiger partial charge in [0.05, 0.1) is 18.5 Å². The van der Waals surface area contributed by atoms with Crippen molar-refractivity contribution in [2.75, 3.05) is 28.3 Å². The normalized spacial score (nSPS) is 10.7. The molecule has 4 aromatic heterocycles. The van der Waals surface area contributed by atoms with Crippen LogP contribution in [0.25, 0.3) is 0 Å². The van der Waals surface area contributed by atoms with Crippen molar-refractivity contribution in [1.29, 1.82) is 0 Å². The minimum Gasteiger partial charge on any atom is -0.464 e. The largest absolute Gasteiger partial charge is 0.464 e. The minimum absolute atomic E-state index is 0.0260. The molecule has 4 rings (SSSR count). The first kappa shape index (κ1) is 28.8. The number of aryl methyl sites for hydroxylation is 4. The van der Waals surface area contributed by atoms with E-state index in [9.17, 15) is 24.2 Å². The second-order valence-electron chi connectivity index (χ2n) is 9.41. The van der Waals surface area contributed by atoms with Gasteiger partial charge in [0.2, 0.25) is 5.82 Å². The monoisotopic (exact) mass is 563 g/mol. The van der Waals surface area contributed by atoms with Crippen LogP contribution in [-0.4, -0.2) is 66.1 Å². The number of hydrogen-bond donors (Lipinski definition) is 5. The zero-order chi connectivity index (χ0) is 30.0. The van der Waals surface area contributed by atoms with Crippen LogP contribution >= 0.6 is 0 Å². The van der Waals surface area contributed by atoms with E-state index in [0.717, 1.165) is 0 Å². The Morgan fingerprint density at radius 3 is 1.80 bits per heavy atom. The van der Waals surface area contributed by atoms with Crippen molar-refractivity contribution in [1.82, 2.24) is 23.3 Å². The smallest absolute Gasteiger partial charge is 0.406 e. The molecule has 0 aliphatic carbocycles. The van der Waals surface area contributed by atoms with Crippen LogP contribution in [-0.2, 0) is 32.9 Å². The van der Waals surface area contributed by atoms with Crippen LogP contribution in [0.15, 0.2) is 43.0 Å². The van der Waals surface area contributed by atoms with Gasteiger partial charge in [0.25, 0.3) is 17.7 Å². The lowest BCUT2D eigenvalue weighted by molar-refractivity contribution is 0.0589. The Morgan fingerprint density at radius 2 is 1.22 bits per heavy atom. The molecule has 0 fully saturated rings. The number of carbonyl (C=O) groups excluding carboxylic acids is 4. The molecule has 0 aliphatic heterocycles. The van der Waals surface area contributed by atoms with Gasteiger partial charge >= 0.3 is 13.0 Å². The zero-order valence-electron chi connectivity index (χ0n) is 23.3. The molecule has 4 heterocycles. The third-order valence-corrected chi connectivity index (χ3v) is 6.09. The Morgan fingerprint density at radius 1 is 0.732 bits per heavy atom. The summed E-state index contributed by atoms with van der Waals surface area (Å²) in [5.74, 6) is -1.81. The standard InChI is InChI=1S/C25H30BN9O6/c1-26(40)31-16-9-18(33(3)12-16)23(37)30-20-13-35(5)21(29-20)24(38)28-14-7-17(32(2)10-14)22(36)27-15-8-19(25(39)41-6)34(4)11-15/h7-13,31,40H,1-6H3,(H,27,36)(H,28,38)(H,30,37). The van der Waals surface area contributed by atoms with Crippen LogP contribution < -0.4 is 21.2 Å². The van der Waals surface area contributed by atoms with Gasteiger partial charge in [-0.1, -0.05) is 0 Å². The number of imidazole rings is 1. The van der Waals surface area contributed by atoms with Crippen molar-refractivity contribution in [3.05, 3.63) is 65.9 Å². The third-order valence-electron chi connectivity index (χ3n) is 6.09. The van der Waals surface area contributed by atoms with E-state index in [-0.39, 0.29) is 23.0 Å². The quantitative estimate of drug-likeness (QED) is 0.150. The third kappa shape index (κ3) is 6.33. The van der Waals surface area contributed by atoms with Gasteiger partial charge in [-0.15, -0.1) is 0 Å². The number of nitrogens with zero attached hydrogens (tertiary/aromatic N) is 5. The Balaban J connectivity index is 1.42. The minimum atomic E-state index is -0.787. The molecule has 0 aliphatic rings. The lowest BCUT2D eigenvalue weighted by atomic mass is 9.89. The number of esters is 1. The molecule has 15 nitrogen and oxygen atoms in total. The molecular formula is C25H30BN9O6. The summed E-state index contributed by atoms with van der Waals surface area (Å²) in [6.07, 6.45) is 6.30. The second kappa shape index (κ2) is 11.5. The molecule has 0 unspecified atom stereocenters. The molecule has 16 heteroatoms. The molecule has 214 valence electrons. The maximum absolute atomic E-state index is 13.0. The number of anilines is 4. The maximum Gasteiger partial charge on any atom is 0.406 e. The van der Waals surface area contributed by atoms with Gasteiger partial charge in [-0.3, -0.25) is 14.4 Å². The van der Waals surface area contributed by atoms with Crippen LogP contribution in [0.3, 0.4) is 0 Å². The SMILES string of the molecule is COC(=O)c1cc(NC(=O)c2cc(NC(=O)c3nc(NC(=O)c4cc(NB(C)O)cn4C)cn3C)cn2C)cn1C. The Kier molecular flexibility index (Phi) is 8.05. The number of ether oxygens (including phenoxy) is 1. The van der Waals surface area contributed by atoms with Crippen molar-refractivity contribution in [3.63, 3.8) is 0 Å². The van der Waals surface area contributed by atoms with Crippen LogP contribution in [0.1, 0.15) is 42.1 Å². The summed E-state index contributed by atoms with van der Waals surface area (Å²) in [5.41, 5.74) is 2.16. The highest BCUT2D eigenvalue weighted by Gasteiger charge is 2.21. The number of amides is 3. The van der Waals surface area contributed by atoms with Gasteiger partial charge in [-0.2, -0.15) is 0 Å². The predicted octanol–water partition coefficient (Wildman–Crippen LogP) is 1.50. The molecule has 4 aromatic rings. The van der Waals surface area contributed by atoms with Crippen molar-refractivity contribution >= 4 is 53.6 Å². The fourth-order valence-electron chi connectivity index (χ4n) is 4.21. The van der Waals surface area contributed by atoms with Crippen LogP contribution in [0, 0.1) is 0 Å². The highest BCUT2D eigenvalue weighted by molar-refractivity contribution is 6.52. The molecule has 0 bridgehead atoms. The number of aromatic nitrogens is 5. The Bertz CT molecular complexity index is 1640. The number of nitrogens with one attached hydrogen (secondary N) is 4. The predicted molar refractivity (Wildman–Crippen MR) is 152 cm³/mol. The van der Waals surface area contributed by atoms with Crippen molar-refractivity contribution in [3.8, 4) is 0 Å². The van der Waals surface area contributed by atoms with E-state index in [1.807, 2.05) is 0 Å². The average Bonchev–Trinajstić information content (AvgIpc) is 3.64. The number of rotatable bonds is 9. The first-order valence-corrected chi connectivity index (χ1v) is 12.4. The summed E-state index contributed by atoms with van der Waals surface area (Å²) in [6.45, 7) is 1.56. The van der Waals surface area contributed by atoms with Gasteiger partial charge in [0.15, 0.2) is 5.82 Å². The van der Waals surface area contributed by atoms with Gasteiger partial charge in [0.1, 0.15) is 17.1 Å². The summed E-state index contributed by atoms with van der Waals surface area (Å²) < 4.78 is 10.9. The molecular weight excluding hydrogens is 533 g/mol. The lowest BCUT2D eigenvalue weighted by Gasteiger charge is -2.03. The highest BCUT2D eigenvalue weighted by Crippen LogP contribution is 2.19. The molecule has 0 spiro atoms. The molecule has 5 N–H and O–H groups in total. The summed E-state index contributed by atoms with van der Waals surface area (Å²) in [4.78, 5) is 54.7. The number of carbonyl (C=O) groups is 4. The highest BCUT2D eigenvalue weighted by atomic mass is 16.5. The van der Waals surface area contributed by atoms with E-state index in [1.54, 1.807) is 68.8 Å². The molecule has 0 aromatic carbocycles. The lowest BCUT2D eigenvalue weighted by Crippen LogP contribution is -2.19. The van der Waals surface area contributed by atoms with E-state index in [4.69, 9.17) is 4.74 Å². The molecule has 0 saturated carbocycles. The molecule has 41 heavy (non-hydrogen) atoms. The van der Waals surface area contributed by atoms with Gasteiger partial charge in [-0.05, 0) is 25.0 Å². The van der Waals surface area contributed by atoms with Crippen molar-refractivity contribution in [2.24, 2.45) is 28.2 Å². The van der Waals surface area contributed by atoms with E-state index in [0.29, 0.717) is 22.8 Å². The van der Waals surface area contributed by atoms with Crippen LogP contribution in [0.2, 0.25) is 6.82 Å². The average molecular weight is 563 g/mol. The van der Waals surface area contributed by atoms with E-state index >= 15 is 0 Å². The number of hydrogen-bond acceptors (Lipinski definition) is 8. The summed E-state index contributed by atoms with van der Waals surface area (Å²) in [7, 11) is 7.08. The van der Waals surface area contributed by atoms with Crippen molar-refractivity contribution < 1.29 is 28.9 Å². The molecule has 3 amide bonds. The summed E-state index contributed by atoms with van der Waals surface area (Å²) in [5, 5.41) is 20.4. The second-order valence-corrected chi connectivity index (χ2v) is 9.41. The van der Waals surface area contributed by atoms with Gasteiger partial charge in [-0.25, -0.2) is 9.78 Å². The summed E-state index contributed by atoms with van der Waals surface area (Å²) in [6, 6.07) is 4.57. The summed E-state index contributed by atoms with van der Waals surface area (Å²) >= 11 is 0. The van der Waals surface area contributed by atoms with Gasteiger partial charge < -0.3 is 49.2 Å². The number of methoxy groups -OCH3 is 1. The van der Waals surface area contributed by atoms with Crippen LogP contribution in [0.5, 0.6) is 0 Å². The van der Waals surface area contributed by atoms with Crippen molar-refractivity contribution in [2.45, 2.75) is 6.82 Å². The zero-order valence-corrected chi connectivity index (χ0v) is 23.3. The van der Waals surface area contributed by atoms with Gasteiger partial charge in [0, 0.05) is 58.7 Å². The van der Waals surface area contributed by atoms with E-state index < -0.39 is 30.7 Å². The topological polar surface area (TPSA) is 178 Å².